The van der Waals surface area contributed by atoms with Gasteiger partial charge in [-0.1, -0.05) is 12.1 Å². The van der Waals surface area contributed by atoms with E-state index in [1.807, 2.05) is 35.4 Å². The van der Waals surface area contributed by atoms with Crippen LogP contribution in [0, 0.1) is 0 Å². The average Bonchev–Trinajstić information content (AvgIpc) is 3.15. The predicted molar refractivity (Wildman–Crippen MR) is 119 cm³/mol. The third-order valence-corrected chi connectivity index (χ3v) is 6.46. The lowest BCUT2D eigenvalue weighted by atomic mass is 10.0. The highest BCUT2D eigenvalue weighted by Gasteiger charge is 2.31. The maximum atomic E-state index is 13.1. The summed E-state index contributed by atoms with van der Waals surface area (Å²) in [6, 6.07) is 12.5. The van der Waals surface area contributed by atoms with Gasteiger partial charge < -0.3 is 19.3 Å². The molecule has 7 heteroatoms. The molecule has 0 bridgehead atoms. The van der Waals surface area contributed by atoms with E-state index >= 15 is 0 Å². The van der Waals surface area contributed by atoms with E-state index in [4.69, 9.17) is 9.47 Å². The SMILES string of the molecule is O=C(CN1CCCC1c1ccc2c(c1)OCCCO2)N1CCN(c2ccccn2)CC1. The van der Waals surface area contributed by atoms with Crippen molar-refractivity contribution >= 4 is 11.7 Å². The summed E-state index contributed by atoms with van der Waals surface area (Å²) in [6.07, 6.45) is 4.90. The van der Waals surface area contributed by atoms with Crippen molar-refractivity contribution in [3.63, 3.8) is 0 Å². The number of likely N-dealkylation sites (tertiary alicyclic amines) is 1. The second-order valence-corrected chi connectivity index (χ2v) is 8.44. The van der Waals surface area contributed by atoms with Crippen LogP contribution in [-0.4, -0.2) is 73.2 Å². The number of rotatable bonds is 4. The van der Waals surface area contributed by atoms with Crippen molar-refractivity contribution in [1.82, 2.24) is 14.8 Å². The standard InChI is InChI=1S/C24H30N4O3/c29-24(27-13-11-26(12-14-27)23-6-1-2-9-25-23)18-28-10-3-5-20(28)19-7-8-21-22(17-19)31-16-4-15-30-21/h1-2,6-9,17,20H,3-5,10-16,18H2. The topological polar surface area (TPSA) is 58.1 Å². The van der Waals surface area contributed by atoms with E-state index in [0.717, 1.165) is 69.3 Å². The molecule has 0 N–H and O–H groups in total. The van der Waals surface area contributed by atoms with E-state index in [0.29, 0.717) is 19.8 Å². The third kappa shape index (κ3) is 4.46. The number of hydrogen-bond acceptors (Lipinski definition) is 6. The van der Waals surface area contributed by atoms with Crippen LogP contribution in [0.3, 0.4) is 0 Å². The maximum Gasteiger partial charge on any atom is 0.236 e. The molecule has 2 aromatic rings. The van der Waals surface area contributed by atoms with Gasteiger partial charge >= 0.3 is 0 Å². The Morgan fingerprint density at radius 2 is 1.81 bits per heavy atom. The quantitative estimate of drug-likeness (QED) is 0.755. The molecule has 31 heavy (non-hydrogen) atoms. The van der Waals surface area contributed by atoms with Crippen molar-refractivity contribution in [2.24, 2.45) is 0 Å². The van der Waals surface area contributed by atoms with Gasteiger partial charge in [-0.15, -0.1) is 0 Å². The number of carbonyl (C=O) groups excluding carboxylic acids is 1. The lowest BCUT2D eigenvalue weighted by Gasteiger charge is -2.36. The highest BCUT2D eigenvalue weighted by atomic mass is 16.5. The molecule has 0 aliphatic carbocycles. The predicted octanol–water partition coefficient (Wildman–Crippen LogP) is 2.73. The van der Waals surface area contributed by atoms with Gasteiger partial charge in [0, 0.05) is 44.8 Å². The first kappa shape index (κ1) is 20.1. The van der Waals surface area contributed by atoms with Crippen LogP contribution in [0.4, 0.5) is 5.82 Å². The number of fused-ring (bicyclic) bond motifs is 1. The Morgan fingerprint density at radius 3 is 2.61 bits per heavy atom. The zero-order chi connectivity index (χ0) is 21.0. The van der Waals surface area contributed by atoms with E-state index < -0.39 is 0 Å². The number of aromatic nitrogens is 1. The molecule has 2 fully saturated rings. The van der Waals surface area contributed by atoms with Gasteiger partial charge in [0.25, 0.3) is 0 Å². The fourth-order valence-electron chi connectivity index (χ4n) is 4.78. The van der Waals surface area contributed by atoms with Crippen molar-refractivity contribution in [3.8, 4) is 11.5 Å². The summed E-state index contributed by atoms with van der Waals surface area (Å²) < 4.78 is 11.6. The summed E-state index contributed by atoms with van der Waals surface area (Å²) in [5.41, 5.74) is 1.22. The molecule has 0 saturated carbocycles. The molecule has 3 aliphatic rings. The number of pyridine rings is 1. The van der Waals surface area contributed by atoms with Crippen molar-refractivity contribution in [2.45, 2.75) is 25.3 Å². The lowest BCUT2D eigenvalue weighted by molar-refractivity contribution is -0.133. The van der Waals surface area contributed by atoms with Crippen LogP contribution in [0.15, 0.2) is 42.6 Å². The van der Waals surface area contributed by atoms with Gasteiger partial charge in [0.05, 0.1) is 19.8 Å². The summed E-state index contributed by atoms with van der Waals surface area (Å²) in [5.74, 6) is 2.87. The van der Waals surface area contributed by atoms with Gasteiger partial charge in [0.15, 0.2) is 11.5 Å². The van der Waals surface area contributed by atoms with Crippen molar-refractivity contribution in [1.29, 1.82) is 0 Å². The van der Waals surface area contributed by atoms with Crippen molar-refractivity contribution in [2.75, 3.05) is 57.4 Å². The van der Waals surface area contributed by atoms with E-state index in [1.165, 1.54) is 5.56 Å². The van der Waals surface area contributed by atoms with Crippen LogP contribution in [0.5, 0.6) is 11.5 Å². The molecule has 1 aromatic carbocycles. The molecule has 7 nitrogen and oxygen atoms in total. The zero-order valence-electron chi connectivity index (χ0n) is 17.9. The van der Waals surface area contributed by atoms with Gasteiger partial charge in [-0.05, 0) is 49.2 Å². The molecule has 1 amide bonds. The van der Waals surface area contributed by atoms with Crippen molar-refractivity contribution in [3.05, 3.63) is 48.2 Å². The molecule has 0 spiro atoms. The largest absolute Gasteiger partial charge is 0.490 e. The van der Waals surface area contributed by atoms with Gasteiger partial charge in [0.1, 0.15) is 5.82 Å². The van der Waals surface area contributed by atoms with Crippen LogP contribution < -0.4 is 14.4 Å². The molecule has 4 heterocycles. The van der Waals surface area contributed by atoms with Crippen LogP contribution in [0.2, 0.25) is 0 Å². The first-order valence-electron chi connectivity index (χ1n) is 11.4. The average molecular weight is 423 g/mol. The minimum absolute atomic E-state index is 0.224. The second-order valence-electron chi connectivity index (χ2n) is 8.44. The molecule has 0 radical (unpaired) electrons. The molecular weight excluding hydrogens is 392 g/mol. The van der Waals surface area contributed by atoms with Gasteiger partial charge in [-0.3, -0.25) is 9.69 Å². The van der Waals surface area contributed by atoms with E-state index in [1.54, 1.807) is 0 Å². The van der Waals surface area contributed by atoms with Crippen LogP contribution >= 0.6 is 0 Å². The first-order chi connectivity index (χ1) is 15.3. The van der Waals surface area contributed by atoms with E-state index in [-0.39, 0.29) is 11.9 Å². The molecule has 1 unspecified atom stereocenters. The highest BCUT2D eigenvalue weighted by Crippen LogP contribution is 2.37. The molecule has 3 aliphatic heterocycles. The Labute approximate surface area is 183 Å². The Kier molecular flexibility index (Phi) is 5.93. The van der Waals surface area contributed by atoms with Gasteiger partial charge in [-0.25, -0.2) is 4.98 Å². The molecule has 1 aromatic heterocycles. The normalized spacial score (nSPS) is 21.7. The number of ether oxygens (including phenoxy) is 2. The lowest BCUT2D eigenvalue weighted by Crippen LogP contribution is -2.51. The number of piperazine rings is 1. The number of carbonyl (C=O) groups is 1. The Bertz CT molecular complexity index is 899. The number of amides is 1. The zero-order valence-corrected chi connectivity index (χ0v) is 17.9. The molecule has 164 valence electrons. The number of benzene rings is 1. The molecular formula is C24H30N4O3. The summed E-state index contributed by atoms with van der Waals surface area (Å²) in [6.45, 7) is 5.97. The molecule has 2 saturated heterocycles. The summed E-state index contributed by atoms with van der Waals surface area (Å²) >= 11 is 0. The second kappa shape index (κ2) is 9.14. The van der Waals surface area contributed by atoms with Crippen LogP contribution in [-0.2, 0) is 4.79 Å². The Balaban J connectivity index is 1.20. The minimum atomic E-state index is 0.224. The van der Waals surface area contributed by atoms with E-state index in [2.05, 4.69) is 26.9 Å². The Morgan fingerprint density at radius 1 is 0.968 bits per heavy atom. The first-order valence-corrected chi connectivity index (χ1v) is 11.4. The monoisotopic (exact) mass is 422 g/mol. The fraction of sp³-hybridized carbons (Fsp3) is 0.500. The maximum absolute atomic E-state index is 13.1. The number of hydrogen-bond donors (Lipinski definition) is 0. The number of nitrogens with zero attached hydrogens (tertiary/aromatic N) is 4. The highest BCUT2D eigenvalue weighted by molar-refractivity contribution is 5.78. The van der Waals surface area contributed by atoms with Crippen LogP contribution in [0.25, 0.3) is 0 Å². The third-order valence-electron chi connectivity index (χ3n) is 6.46. The number of anilines is 1. The van der Waals surface area contributed by atoms with Gasteiger partial charge in [-0.2, -0.15) is 0 Å². The van der Waals surface area contributed by atoms with Crippen LogP contribution in [0.1, 0.15) is 30.9 Å². The summed E-state index contributed by atoms with van der Waals surface area (Å²) in [7, 11) is 0. The molecule has 5 rings (SSSR count). The summed E-state index contributed by atoms with van der Waals surface area (Å²) in [4.78, 5) is 24.1. The Hall–Kier alpha value is -2.80. The minimum Gasteiger partial charge on any atom is -0.490 e. The molecule has 1 atom stereocenters. The fourth-order valence-corrected chi connectivity index (χ4v) is 4.78. The van der Waals surface area contributed by atoms with Crippen molar-refractivity contribution < 1.29 is 14.3 Å². The summed E-state index contributed by atoms with van der Waals surface area (Å²) in [5, 5.41) is 0. The van der Waals surface area contributed by atoms with E-state index in [9.17, 15) is 4.79 Å². The smallest absolute Gasteiger partial charge is 0.236 e. The van der Waals surface area contributed by atoms with Gasteiger partial charge in [0.2, 0.25) is 5.91 Å².